The summed E-state index contributed by atoms with van der Waals surface area (Å²) in [6.07, 6.45) is 5.39. The van der Waals surface area contributed by atoms with Crippen LogP contribution in [-0.2, 0) is 6.54 Å². The SMILES string of the molecule is O[C@@H]1CCC[C@@H]1N1CCC(NCc2c(Cl)cccc2Cl)CC1. The quantitative estimate of drug-likeness (QED) is 0.879. The van der Waals surface area contributed by atoms with E-state index in [1.807, 2.05) is 18.2 Å². The molecule has 0 aromatic heterocycles. The molecular weight excluding hydrogens is 319 g/mol. The first-order valence-electron chi connectivity index (χ1n) is 8.23. The average Bonchev–Trinajstić information content (AvgIpc) is 2.93. The first kappa shape index (κ1) is 16.5. The van der Waals surface area contributed by atoms with Gasteiger partial charge >= 0.3 is 0 Å². The highest BCUT2D eigenvalue weighted by atomic mass is 35.5. The summed E-state index contributed by atoms with van der Waals surface area (Å²) in [5, 5.41) is 15.1. The molecule has 1 saturated heterocycles. The zero-order valence-electron chi connectivity index (χ0n) is 12.8. The van der Waals surface area contributed by atoms with Crippen molar-refractivity contribution in [2.45, 2.75) is 56.8 Å². The summed E-state index contributed by atoms with van der Waals surface area (Å²) in [6.45, 7) is 2.85. The molecule has 0 unspecified atom stereocenters. The molecule has 1 aliphatic carbocycles. The van der Waals surface area contributed by atoms with Gasteiger partial charge in [-0.25, -0.2) is 0 Å². The summed E-state index contributed by atoms with van der Waals surface area (Å²) in [6, 6.07) is 6.53. The normalized spacial score (nSPS) is 27.4. The van der Waals surface area contributed by atoms with Crippen molar-refractivity contribution < 1.29 is 5.11 Å². The minimum atomic E-state index is -0.119. The Morgan fingerprint density at radius 2 is 1.77 bits per heavy atom. The lowest BCUT2D eigenvalue weighted by molar-refractivity contribution is 0.0526. The summed E-state index contributed by atoms with van der Waals surface area (Å²) in [5.41, 5.74) is 0.986. The van der Waals surface area contributed by atoms with E-state index in [-0.39, 0.29) is 6.10 Å². The zero-order valence-corrected chi connectivity index (χ0v) is 14.3. The van der Waals surface area contributed by atoms with Gasteiger partial charge < -0.3 is 10.4 Å². The molecule has 122 valence electrons. The van der Waals surface area contributed by atoms with Crippen LogP contribution in [0.3, 0.4) is 0 Å². The Hall–Kier alpha value is -0.320. The Morgan fingerprint density at radius 3 is 2.36 bits per heavy atom. The highest BCUT2D eigenvalue weighted by molar-refractivity contribution is 6.35. The Bertz CT molecular complexity index is 483. The number of aliphatic hydroxyl groups is 1. The number of benzene rings is 1. The van der Waals surface area contributed by atoms with E-state index in [4.69, 9.17) is 23.2 Å². The first-order valence-corrected chi connectivity index (χ1v) is 8.99. The van der Waals surface area contributed by atoms with E-state index in [0.717, 1.165) is 67.3 Å². The highest BCUT2D eigenvalue weighted by Gasteiger charge is 2.32. The summed E-state index contributed by atoms with van der Waals surface area (Å²) in [7, 11) is 0. The molecule has 3 nitrogen and oxygen atoms in total. The van der Waals surface area contributed by atoms with E-state index in [1.165, 1.54) is 0 Å². The van der Waals surface area contributed by atoms with Crippen molar-refractivity contribution in [3.05, 3.63) is 33.8 Å². The van der Waals surface area contributed by atoms with E-state index in [0.29, 0.717) is 12.1 Å². The number of nitrogens with one attached hydrogen (secondary N) is 1. The molecular formula is C17H24Cl2N2O. The molecule has 3 rings (SSSR count). The maximum Gasteiger partial charge on any atom is 0.0695 e. The van der Waals surface area contributed by atoms with E-state index in [2.05, 4.69) is 10.2 Å². The minimum absolute atomic E-state index is 0.119. The molecule has 2 N–H and O–H groups in total. The second-order valence-corrected chi connectivity index (χ2v) is 7.27. The van der Waals surface area contributed by atoms with Gasteiger partial charge in [-0.1, -0.05) is 29.3 Å². The number of nitrogens with zero attached hydrogens (tertiary/aromatic N) is 1. The van der Waals surface area contributed by atoms with Crippen molar-refractivity contribution in [3.8, 4) is 0 Å². The van der Waals surface area contributed by atoms with Crippen molar-refractivity contribution in [2.24, 2.45) is 0 Å². The standard InChI is InChI=1S/C17H24Cl2N2O/c18-14-3-1-4-15(19)13(14)11-20-12-7-9-21(10-8-12)16-5-2-6-17(16)22/h1,3-4,12,16-17,20,22H,2,5-11H2/t16-,17+/m0/s1. The number of hydrogen-bond acceptors (Lipinski definition) is 3. The molecule has 0 bridgehead atoms. The first-order chi connectivity index (χ1) is 10.6. The van der Waals surface area contributed by atoms with Crippen LogP contribution in [0.1, 0.15) is 37.7 Å². The fraction of sp³-hybridized carbons (Fsp3) is 0.647. The van der Waals surface area contributed by atoms with Gasteiger partial charge in [0.05, 0.1) is 6.10 Å². The molecule has 1 aromatic rings. The predicted molar refractivity (Wildman–Crippen MR) is 91.5 cm³/mol. The molecule has 22 heavy (non-hydrogen) atoms. The van der Waals surface area contributed by atoms with Crippen LogP contribution < -0.4 is 5.32 Å². The predicted octanol–water partition coefficient (Wildman–Crippen LogP) is 3.46. The van der Waals surface area contributed by atoms with Crippen molar-refractivity contribution in [1.29, 1.82) is 0 Å². The second-order valence-electron chi connectivity index (χ2n) is 6.46. The van der Waals surface area contributed by atoms with Crippen LogP contribution in [-0.4, -0.2) is 41.3 Å². The lowest BCUT2D eigenvalue weighted by Gasteiger charge is -2.37. The lowest BCUT2D eigenvalue weighted by atomic mass is 10.0. The number of rotatable bonds is 4. The summed E-state index contributed by atoms with van der Waals surface area (Å²) >= 11 is 12.4. The van der Waals surface area contributed by atoms with Gasteiger partial charge in [0.25, 0.3) is 0 Å². The van der Waals surface area contributed by atoms with Gasteiger partial charge in [0.2, 0.25) is 0 Å². The highest BCUT2D eigenvalue weighted by Crippen LogP contribution is 2.27. The van der Waals surface area contributed by atoms with Crippen LogP contribution in [0.5, 0.6) is 0 Å². The van der Waals surface area contributed by atoms with Crippen LogP contribution in [0.2, 0.25) is 10.0 Å². The van der Waals surface area contributed by atoms with Crippen LogP contribution in [0, 0.1) is 0 Å². The third-order valence-corrected chi connectivity index (χ3v) is 5.78. The van der Waals surface area contributed by atoms with Crippen LogP contribution in [0.4, 0.5) is 0 Å². The van der Waals surface area contributed by atoms with Gasteiger partial charge in [-0.3, -0.25) is 4.90 Å². The summed E-state index contributed by atoms with van der Waals surface area (Å²) in [5.74, 6) is 0. The number of hydrogen-bond donors (Lipinski definition) is 2. The van der Waals surface area contributed by atoms with Gasteiger partial charge in [0.15, 0.2) is 0 Å². The molecule has 1 aromatic carbocycles. The van der Waals surface area contributed by atoms with E-state index in [9.17, 15) is 5.11 Å². The number of aliphatic hydroxyl groups excluding tert-OH is 1. The molecule has 0 spiro atoms. The Balaban J connectivity index is 1.48. The third kappa shape index (κ3) is 3.77. The molecule has 0 radical (unpaired) electrons. The van der Waals surface area contributed by atoms with Gasteiger partial charge in [-0.15, -0.1) is 0 Å². The molecule has 1 heterocycles. The molecule has 1 saturated carbocycles. The van der Waals surface area contributed by atoms with E-state index >= 15 is 0 Å². The third-order valence-electron chi connectivity index (χ3n) is 5.07. The van der Waals surface area contributed by atoms with Crippen LogP contribution in [0.25, 0.3) is 0 Å². The number of piperidine rings is 1. The van der Waals surface area contributed by atoms with Crippen LogP contribution >= 0.6 is 23.2 Å². The zero-order chi connectivity index (χ0) is 15.5. The van der Waals surface area contributed by atoms with Gasteiger partial charge in [0.1, 0.15) is 0 Å². The van der Waals surface area contributed by atoms with E-state index < -0.39 is 0 Å². The van der Waals surface area contributed by atoms with Crippen molar-refractivity contribution >= 4 is 23.2 Å². The van der Waals surface area contributed by atoms with Gasteiger partial charge in [-0.2, -0.15) is 0 Å². The summed E-state index contributed by atoms with van der Waals surface area (Å²) in [4.78, 5) is 2.47. The van der Waals surface area contributed by atoms with Gasteiger partial charge in [-0.05, 0) is 44.2 Å². The molecule has 2 atom stereocenters. The monoisotopic (exact) mass is 342 g/mol. The largest absolute Gasteiger partial charge is 0.391 e. The fourth-order valence-electron chi connectivity index (χ4n) is 3.73. The van der Waals surface area contributed by atoms with Crippen molar-refractivity contribution in [2.75, 3.05) is 13.1 Å². The maximum atomic E-state index is 10.0. The molecule has 5 heteroatoms. The molecule has 2 aliphatic rings. The Labute approximate surface area is 142 Å². The van der Waals surface area contributed by atoms with Crippen molar-refractivity contribution in [3.63, 3.8) is 0 Å². The number of halogens is 2. The fourth-order valence-corrected chi connectivity index (χ4v) is 4.26. The van der Waals surface area contributed by atoms with Gasteiger partial charge in [0, 0.05) is 47.3 Å². The number of likely N-dealkylation sites (tertiary alicyclic amines) is 1. The summed E-state index contributed by atoms with van der Waals surface area (Å²) < 4.78 is 0. The smallest absolute Gasteiger partial charge is 0.0695 e. The molecule has 1 aliphatic heterocycles. The molecule has 2 fully saturated rings. The lowest BCUT2D eigenvalue weighted by Crippen LogP contribution is -2.48. The topological polar surface area (TPSA) is 35.5 Å². The Kier molecular flexibility index (Phi) is 5.64. The van der Waals surface area contributed by atoms with Crippen LogP contribution in [0.15, 0.2) is 18.2 Å². The maximum absolute atomic E-state index is 10.0. The molecule has 0 amide bonds. The van der Waals surface area contributed by atoms with E-state index in [1.54, 1.807) is 0 Å². The minimum Gasteiger partial charge on any atom is -0.391 e. The Morgan fingerprint density at radius 1 is 1.09 bits per heavy atom. The average molecular weight is 343 g/mol. The second kappa shape index (κ2) is 7.50. The van der Waals surface area contributed by atoms with Crippen molar-refractivity contribution in [1.82, 2.24) is 10.2 Å².